The minimum atomic E-state index is -1.61. The van der Waals surface area contributed by atoms with Gasteiger partial charge in [-0.3, -0.25) is 24.0 Å². The SMILES string of the molecule is CSCC[C@H](NC(=O)[C@H](Cc1c[nH]c2ccccc12)NC(=O)OCc1ccccc1)C(=O)N[C@@H](CC(=O)O)C(=O)N[C@@H](Cc1ccccc1)C(N)=O.Cl. The molecule has 0 unspecified atom stereocenters. The summed E-state index contributed by atoms with van der Waals surface area (Å²) in [6, 6.07) is 20.0. The van der Waals surface area contributed by atoms with Crippen molar-refractivity contribution in [2.75, 3.05) is 12.0 Å². The van der Waals surface area contributed by atoms with Gasteiger partial charge in [-0.15, -0.1) is 12.4 Å². The van der Waals surface area contributed by atoms with Crippen LogP contribution in [0.25, 0.3) is 10.9 Å². The van der Waals surface area contributed by atoms with Crippen molar-refractivity contribution in [1.82, 2.24) is 26.3 Å². The third-order valence-corrected chi connectivity index (χ3v) is 8.76. The van der Waals surface area contributed by atoms with Gasteiger partial charge in [0.1, 0.15) is 30.8 Å². The zero-order chi connectivity index (χ0) is 37.5. The van der Waals surface area contributed by atoms with Crippen LogP contribution in [0, 0.1) is 0 Å². The number of benzene rings is 3. The highest BCUT2D eigenvalue weighted by atomic mass is 35.5. The molecule has 0 fully saturated rings. The fourth-order valence-electron chi connectivity index (χ4n) is 5.41. The largest absolute Gasteiger partial charge is 0.481 e. The lowest BCUT2D eigenvalue weighted by atomic mass is 10.0. The number of carbonyl (C=O) groups is 6. The Morgan fingerprint density at radius 1 is 0.736 bits per heavy atom. The van der Waals surface area contributed by atoms with Gasteiger partial charge in [-0.05, 0) is 41.2 Å². The number of hydrogen-bond donors (Lipinski definition) is 7. The van der Waals surface area contributed by atoms with E-state index >= 15 is 0 Å². The summed E-state index contributed by atoms with van der Waals surface area (Å²) in [5.41, 5.74) is 8.53. The molecule has 0 spiro atoms. The smallest absolute Gasteiger partial charge is 0.408 e. The van der Waals surface area contributed by atoms with E-state index < -0.39 is 66.3 Å². The second-order valence-electron chi connectivity index (χ2n) is 12.0. The molecule has 5 amide bonds. The number of nitrogens with one attached hydrogen (secondary N) is 5. The highest BCUT2D eigenvalue weighted by molar-refractivity contribution is 7.98. The van der Waals surface area contributed by atoms with Crippen molar-refractivity contribution in [3.8, 4) is 0 Å². The number of carboxylic acid groups (broad SMARTS) is 1. The lowest BCUT2D eigenvalue weighted by Crippen LogP contribution is -2.59. The standard InChI is InChI=1S/C37H42N6O8S.ClH/c1-52-17-16-28(34(47)42-31(20-32(44)45)36(49)41-29(33(38)46)18-23-10-4-2-5-11-23)40-35(48)30(19-25-21-39-27-15-9-8-14-26(25)27)43-37(50)51-22-24-12-6-3-7-13-24;/h2-15,21,28-31,39H,16-20,22H2,1H3,(H2,38,46)(H,40,48)(H,41,49)(H,42,47)(H,43,50)(H,44,45);1H/t28-,29-,30-,31-;/m0./s1. The number of para-hydroxylation sites is 1. The van der Waals surface area contributed by atoms with Crippen molar-refractivity contribution < 1.29 is 38.6 Å². The van der Waals surface area contributed by atoms with Crippen molar-refractivity contribution in [2.45, 2.75) is 56.5 Å². The van der Waals surface area contributed by atoms with E-state index in [1.54, 1.807) is 67.0 Å². The maximum absolute atomic E-state index is 13.9. The summed E-state index contributed by atoms with van der Waals surface area (Å²) in [6.07, 6.45) is 2.05. The van der Waals surface area contributed by atoms with Gasteiger partial charge in [-0.1, -0.05) is 78.9 Å². The number of alkyl carbamates (subject to hydrolysis) is 1. The first kappa shape index (κ1) is 41.9. The number of hydrogen-bond acceptors (Lipinski definition) is 8. The van der Waals surface area contributed by atoms with Crippen LogP contribution in [-0.2, 0) is 48.2 Å². The average molecular weight is 767 g/mol. The molecule has 8 N–H and O–H groups in total. The molecule has 0 aliphatic heterocycles. The summed E-state index contributed by atoms with van der Waals surface area (Å²) >= 11 is 1.40. The van der Waals surface area contributed by atoms with Gasteiger partial charge < -0.3 is 41.8 Å². The molecule has 0 saturated heterocycles. The highest BCUT2D eigenvalue weighted by Crippen LogP contribution is 2.19. The van der Waals surface area contributed by atoms with Gasteiger partial charge in [0.15, 0.2) is 0 Å². The van der Waals surface area contributed by atoms with Crippen molar-refractivity contribution in [2.24, 2.45) is 5.73 Å². The number of aromatic amines is 1. The molecular formula is C37H43ClN6O8S. The van der Waals surface area contributed by atoms with Crippen LogP contribution >= 0.6 is 24.2 Å². The van der Waals surface area contributed by atoms with E-state index in [0.717, 1.165) is 22.0 Å². The topological polar surface area (TPSA) is 222 Å². The number of amides is 5. The molecule has 0 aliphatic rings. The van der Waals surface area contributed by atoms with Crippen molar-refractivity contribution in [3.05, 3.63) is 108 Å². The predicted molar refractivity (Wildman–Crippen MR) is 203 cm³/mol. The number of carboxylic acids is 1. The van der Waals surface area contributed by atoms with Gasteiger partial charge in [-0.25, -0.2) is 4.79 Å². The van der Waals surface area contributed by atoms with Gasteiger partial charge >= 0.3 is 12.1 Å². The van der Waals surface area contributed by atoms with E-state index in [0.29, 0.717) is 11.3 Å². The molecule has 3 aromatic carbocycles. The van der Waals surface area contributed by atoms with Crippen molar-refractivity contribution in [3.63, 3.8) is 0 Å². The summed E-state index contributed by atoms with van der Waals surface area (Å²) in [4.78, 5) is 80.9. The molecule has 1 heterocycles. The van der Waals surface area contributed by atoms with Crippen LogP contribution in [0.3, 0.4) is 0 Å². The summed E-state index contributed by atoms with van der Waals surface area (Å²) < 4.78 is 5.38. The molecule has 0 bridgehead atoms. The third kappa shape index (κ3) is 13.2. The summed E-state index contributed by atoms with van der Waals surface area (Å²) in [7, 11) is 0. The fraction of sp³-hybridized carbons (Fsp3) is 0.297. The number of H-pyrrole nitrogens is 1. The molecule has 4 rings (SSSR count). The van der Waals surface area contributed by atoms with Crippen LogP contribution in [0.5, 0.6) is 0 Å². The Labute approximate surface area is 316 Å². The first-order valence-corrected chi connectivity index (χ1v) is 17.9. The average Bonchev–Trinajstić information content (AvgIpc) is 3.54. The number of carbonyl (C=O) groups excluding carboxylic acids is 5. The minimum Gasteiger partial charge on any atom is -0.481 e. The zero-order valence-electron chi connectivity index (χ0n) is 28.9. The number of rotatable bonds is 19. The van der Waals surface area contributed by atoms with Gasteiger partial charge in [0.25, 0.3) is 0 Å². The third-order valence-electron chi connectivity index (χ3n) is 8.12. The molecule has 4 atom stereocenters. The first-order valence-electron chi connectivity index (χ1n) is 16.5. The zero-order valence-corrected chi connectivity index (χ0v) is 30.5. The number of aliphatic carboxylic acids is 1. The lowest BCUT2D eigenvalue weighted by Gasteiger charge is -2.25. The quantitative estimate of drug-likeness (QED) is 0.0745. The second kappa shape index (κ2) is 21.1. The van der Waals surface area contributed by atoms with Gasteiger partial charge in [0.05, 0.1) is 6.42 Å². The Balaban J connectivity index is 0.00000756. The number of thioether (sulfide) groups is 1. The van der Waals surface area contributed by atoms with Crippen LogP contribution in [0.1, 0.15) is 29.5 Å². The number of ether oxygens (including phenoxy) is 1. The fourth-order valence-corrected chi connectivity index (χ4v) is 5.89. The lowest BCUT2D eigenvalue weighted by molar-refractivity contribution is -0.141. The Morgan fingerprint density at radius 2 is 1.30 bits per heavy atom. The molecular weight excluding hydrogens is 724 g/mol. The molecule has 282 valence electrons. The summed E-state index contributed by atoms with van der Waals surface area (Å²) in [6.45, 7) is -0.0398. The number of fused-ring (bicyclic) bond motifs is 1. The Morgan fingerprint density at radius 3 is 1.94 bits per heavy atom. The van der Waals surface area contributed by atoms with Crippen LogP contribution < -0.4 is 27.0 Å². The summed E-state index contributed by atoms with van der Waals surface area (Å²) in [5, 5.41) is 20.6. The van der Waals surface area contributed by atoms with E-state index in [2.05, 4.69) is 26.3 Å². The Bertz CT molecular complexity index is 1840. The van der Waals surface area contributed by atoms with Crippen molar-refractivity contribution >= 4 is 70.8 Å². The molecule has 0 aliphatic carbocycles. The predicted octanol–water partition coefficient (Wildman–Crippen LogP) is 2.84. The first-order chi connectivity index (χ1) is 25.0. The molecule has 1 aromatic heterocycles. The minimum absolute atomic E-state index is 0. The van der Waals surface area contributed by atoms with Crippen LogP contribution in [0.2, 0.25) is 0 Å². The van der Waals surface area contributed by atoms with E-state index in [1.807, 2.05) is 30.3 Å². The number of aromatic nitrogens is 1. The van der Waals surface area contributed by atoms with Crippen LogP contribution in [-0.4, -0.2) is 82.0 Å². The maximum Gasteiger partial charge on any atom is 0.408 e. The van der Waals surface area contributed by atoms with Crippen molar-refractivity contribution in [1.29, 1.82) is 0 Å². The molecule has 0 saturated carbocycles. The Kier molecular flexibility index (Phi) is 16.7. The molecule has 14 nitrogen and oxygen atoms in total. The van der Waals surface area contributed by atoms with E-state index in [4.69, 9.17) is 10.5 Å². The monoisotopic (exact) mass is 766 g/mol. The molecule has 53 heavy (non-hydrogen) atoms. The molecule has 16 heteroatoms. The second-order valence-corrected chi connectivity index (χ2v) is 13.0. The van der Waals surface area contributed by atoms with E-state index in [9.17, 15) is 33.9 Å². The highest BCUT2D eigenvalue weighted by Gasteiger charge is 2.32. The van der Waals surface area contributed by atoms with E-state index in [-0.39, 0.29) is 38.3 Å². The van der Waals surface area contributed by atoms with Gasteiger partial charge in [-0.2, -0.15) is 11.8 Å². The normalized spacial score (nSPS) is 12.9. The Hall–Kier alpha value is -5.54. The summed E-state index contributed by atoms with van der Waals surface area (Å²) in [5.74, 6) is -4.31. The number of halogens is 1. The van der Waals surface area contributed by atoms with Gasteiger partial charge in [0, 0.05) is 29.9 Å². The van der Waals surface area contributed by atoms with Crippen LogP contribution in [0.4, 0.5) is 4.79 Å². The van der Waals surface area contributed by atoms with E-state index in [1.165, 1.54) is 11.8 Å². The molecule has 0 radical (unpaired) electrons. The maximum atomic E-state index is 13.9. The molecule has 4 aromatic rings. The van der Waals surface area contributed by atoms with Crippen LogP contribution in [0.15, 0.2) is 91.1 Å². The van der Waals surface area contributed by atoms with Gasteiger partial charge in [0.2, 0.25) is 23.6 Å². The number of nitrogens with two attached hydrogens (primary N) is 1. The number of primary amides is 1.